The van der Waals surface area contributed by atoms with Crippen molar-refractivity contribution in [3.8, 4) is 0 Å². The van der Waals surface area contributed by atoms with E-state index in [0.29, 0.717) is 11.5 Å². The molecular weight excluding hydrogens is 349 g/mol. The van der Waals surface area contributed by atoms with Crippen LogP contribution in [0.3, 0.4) is 0 Å². The van der Waals surface area contributed by atoms with Gasteiger partial charge in [-0.05, 0) is 43.9 Å². The van der Waals surface area contributed by atoms with E-state index in [9.17, 15) is 0 Å². The lowest BCUT2D eigenvalue weighted by Crippen LogP contribution is -2.40. The highest BCUT2D eigenvalue weighted by Gasteiger charge is 2.34. The van der Waals surface area contributed by atoms with Crippen LogP contribution in [-0.4, -0.2) is 25.1 Å². The van der Waals surface area contributed by atoms with Crippen LogP contribution in [0.5, 0.6) is 0 Å². The zero-order valence-electron chi connectivity index (χ0n) is 12.7. The standard InChI is InChI=1S/C15H29N3.HI/c1-4-15(8-6-7-9-15)11-17-14(16-5-2)18-13-10-12(13)3;/h12-13H,4-11H2,1-3H3,(H2,16,17,18);1H. The van der Waals surface area contributed by atoms with E-state index in [1.165, 1.54) is 38.5 Å². The van der Waals surface area contributed by atoms with Crippen molar-refractivity contribution in [2.24, 2.45) is 16.3 Å². The Balaban J connectivity index is 0.00000180. The Bertz CT molecular complexity index is 298. The second-order valence-corrected chi connectivity index (χ2v) is 6.22. The van der Waals surface area contributed by atoms with Gasteiger partial charge in [-0.3, -0.25) is 4.99 Å². The molecule has 0 bridgehead atoms. The Morgan fingerprint density at radius 2 is 1.89 bits per heavy atom. The van der Waals surface area contributed by atoms with Gasteiger partial charge in [-0.2, -0.15) is 0 Å². The van der Waals surface area contributed by atoms with Crippen LogP contribution in [0.25, 0.3) is 0 Å². The lowest BCUT2D eigenvalue weighted by Gasteiger charge is -2.25. The van der Waals surface area contributed by atoms with Crippen LogP contribution in [0, 0.1) is 11.3 Å². The molecule has 0 amide bonds. The van der Waals surface area contributed by atoms with Crippen molar-refractivity contribution in [3.05, 3.63) is 0 Å². The van der Waals surface area contributed by atoms with Gasteiger partial charge in [-0.25, -0.2) is 0 Å². The third kappa shape index (κ3) is 4.80. The van der Waals surface area contributed by atoms with Gasteiger partial charge in [0.1, 0.15) is 0 Å². The summed E-state index contributed by atoms with van der Waals surface area (Å²) < 4.78 is 0. The zero-order chi connectivity index (χ0) is 13.0. The lowest BCUT2D eigenvalue weighted by atomic mass is 9.84. The highest BCUT2D eigenvalue weighted by atomic mass is 127. The van der Waals surface area contributed by atoms with Crippen LogP contribution in [0.4, 0.5) is 0 Å². The minimum atomic E-state index is 0. The van der Waals surface area contributed by atoms with Gasteiger partial charge in [0.2, 0.25) is 0 Å². The van der Waals surface area contributed by atoms with Gasteiger partial charge in [0.15, 0.2) is 5.96 Å². The first kappa shape index (κ1) is 17.1. The molecule has 3 nitrogen and oxygen atoms in total. The summed E-state index contributed by atoms with van der Waals surface area (Å²) in [4.78, 5) is 4.85. The first-order valence-electron chi connectivity index (χ1n) is 7.74. The average molecular weight is 379 g/mol. The smallest absolute Gasteiger partial charge is 0.191 e. The molecule has 0 saturated heterocycles. The molecule has 4 heteroatoms. The summed E-state index contributed by atoms with van der Waals surface area (Å²) in [6.45, 7) is 8.71. The van der Waals surface area contributed by atoms with Crippen LogP contribution in [0.1, 0.15) is 59.3 Å². The molecule has 2 rings (SSSR count). The summed E-state index contributed by atoms with van der Waals surface area (Å²) in [5.74, 6) is 1.85. The number of aliphatic imine (C=N–C) groups is 1. The zero-order valence-corrected chi connectivity index (χ0v) is 15.0. The van der Waals surface area contributed by atoms with E-state index in [2.05, 4.69) is 31.4 Å². The SMILES string of the molecule is CCNC(=NCC1(CC)CCCC1)NC1CC1C.I. The molecule has 0 heterocycles. The first-order valence-corrected chi connectivity index (χ1v) is 7.74. The quantitative estimate of drug-likeness (QED) is 0.436. The Labute approximate surface area is 135 Å². The number of nitrogens with one attached hydrogen (secondary N) is 2. The average Bonchev–Trinajstić information content (AvgIpc) is 2.89. The summed E-state index contributed by atoms with van der Waals surface area (Å²) >= 11 is 0. The van der Waals surface area contributed by atoms with E-state index in [0.717, 1.165) is 25.0 Å². The Morgan fingerprint density at radius 3 is 2.37 bits per heavy atom. The Hall–Kier alpha value is 0. The minimum Gasteiger partial charge on any atom is -0.357 e. The fourth-order valence-electron chi connectivity index (χ4n) is 3.01. The van der Waals surface area contributed by atoms with Gasteiger partial charge in [-0.15, -0.1) is 24.0 Å². The van der Waals surface area contributed by atoms with Crippen molar-refractivity contribution in [2.45, 2.75) is 65.3 Å². The molecule has 2 N–H and O–H groups in total. The molecule has 2 aliphatic rings. The van der Waals surface area contributed by atoms with Gasteiger partial charge >= 0.3 is 0 Å². The number of guanidine groups is 1. The van der Waals surface area contributed by atoms with Crippen molar-refractivity contribution in [1.82, 2.24) is 10.6 Å². The van der Waals surface area contributed by atoms with E-state index in [1.807, 2.05) is 0 Å². The van der Waals surface area contributed by atoms with Gasteiger partial charge < -0.3 is 10.6 Å². The number of nitrogens with zero attached hydrogens (tertiary/aromatic N) is 1. The van der Waals surface area contributed by atoms with Crippen LogP contribution in [-0.2, 0) is 0 Å². The molecule has 19 heavy (non-hydrogen) atoms. The van der Waals surface area contributed by atoms with Crippen molar-refractivity contribution >= 4 is 29.9 Å². The first-order chi connectivity index (χ1) is 8.69. The summed E-state index contributed by atoms with van der Waals surface area (Å²) in [7, 11) is 0. The maximum Gasteiger partial charge on any atom is 0.191 e. The van der Waals surface area contributed by atoms with Crippen LogP contribution in [0.2, 0.25) is 0 Å². The largest absolute Gasteiger partial charge is 0.357 e. The third-order valence-electron chi connectivity index (χ3n) is 4.76. The summed E-state index contributed by atoms with van der Waals surface area (Å²) in [6.07, 6.45) is 8.09. The molecule has 0 aromatic rings. The number of rotatable bonds is 5. The molecule has 0 spiro atoms. The van der Waals surface area contributed by atoms with E-state index < -0.39 is 0 Å². The van der Waals surface area contributed by atoms with E-state index in [1.54, 1.807) is 0 Å². The highest BCUT2D eigenvalue weighted by molar-refractivity contribution is 14.0. The predicted molar refractivity (Wildman–Crippen MR) is 93.3 cm³/mol. The second-order valence-electron chi connectivity index (χ2n) is 6.22. The van der Waals surface area contributed by atoms with Gasteiger partial charge in [0, 0.05) is 19.1 Å². The fraction of sp³-hybridized carbons (Fsp3) is 0.933. The third-order valence-corrected chi connectivity index (χ3v) is 4.76. The van der Waals surface area contributed by atoms with Crippen LogP contribution < -0.4 is 10.6 Å². The topological polar surface area (TPSA) is 36.4 Å². The predicted octanol–water partition coefficient (Wildman–Crippen LogP) is 3.54. The molecule has 0 aliphatic heterocycles. The normalized spacial score (nSPS) is 28.7. The van der Waals surface area contributed by atoms with E-state index in [-0.39, 0.29) is 24.0 Å². The maximum absolute atomic E-state index is 4.85. The van der Waals surface area contributed by atoms with Crippen LogP contribution >= 0.6 is 24.0 Å². The molecule has 2 fully saturated rings. The maximum atomic E-state index is 4.85. The summed E-state index contributed by atoms with van der Waals surface area (Å²) in [5.41, 5.74) is 0.498. The van der Waals surface area contributed by atoms with Gasteiger partial charge in [0.05, 0.1) is 0 Å². The number of halogens is 1. The molecule has 0 radical (unpaired) electrons. The Morgan fingerprint density at radius 1 is 1.26 bits per heavy atom. The molecule has 2 atom stereocenters. The molecule has 0 aromatic carbocycles. The van der Waals surface area contributed by atoms with E-state index in [4.69, 9.17) is 4.99 Å². The fourth-order valence-corrected chi connectivity index (χ4v) is 3.01. The molecule has 2 saturated carbocycles. The van der Waals surface area contributed by atoms with Crippen molar-refractivity contribution < 1.29 is 0 Å². The number of hydrogen-bond acceptors (Lipinski definition) is 1. The monoisotopic (exact) mass is 379 g/mol. The van der Waals surface area contributed by atoms with Crippen molar-refractivity contribution in [1.29, 1.82) is 0 Å². The summed E-state index contributed by atoms with van der Waals surface area (Å²) in [6, 6.07) is 0.656. The second kappa shape index (κ2) is 7.70. The molecule has 2 aliphatic carbocycles. The summed E-state index contributed by atoms with van der Waals surface area (Å²) in [5, 5.41) is 6.92. The van der Waals surface area contributed by atoms with Crippen molar-refractivity contribution in [3.63, 3.8) is 0 Å². The van der Waals surface area contributed by atoms with Crippen molar-refractivity contribution in [2.75, 3.05) is 13.1 Å². The van der Waals surface area contributed by atoms with Gasteiger partial charge in [-0.1, -0.05) is 26.7 Å². The molecule has 2 unspecified atom stereocenters. The molecule has 0 aromatic heterocycles. The van der Waals surface area contributed by atoms with Gasteiger partial charge in [0.25, 0.3) is 0 Å². The number of hydrogen-bond donors (Lipinski definition) is 2. The Kier molecular flexibility index (Phi) is 6.91. The van der Waals surface area contributed by atoms with E-state index >= 15 is 0 Å². The molecule has 112 valence electrons. The lowest BCUT2D eigenvalue weighted by molar-refractivity contribution is 0.297. The molecular formula is C15H30IN3. The van der Waals surface area contributed by atoms with Crippen LogP contribution in [0.15, 0.2) is 4.99 Å². The minimum absolute atomic E-state index is 0. The highest BCUT2D eigenvalue weighted by Crippen LogP contribution is 2.41.